The minimum atomic E-state index is -0.0227. The van der Waals surface area contributed by atoms with Gasteiger partial charge in [-0.2, -0.15) is 5.10 Å². The van der Waals surface area contributed by atoms with Crippen molar-refractivity contribution in [3.8, 4) is 5.69 Å². The molecule has 0 unspecified atom stereocenters. The molecule has 2 rings (SSSR count). The Morgan fingerprint density at radius 1 is 1.31 bits per heavy atom. The standard InChI is InChI=1S/C19H26N6O/c1-5-11-20-19(22-14-18(26)24(3)4)21-13-16-8-6-7-9-17(16)25-12-10-15(2)23-25/h5-10,12H,1,11,13-14H2,2-4H3,(H2,20,21,22). The van der Waals surface area contributed by atoms with Crippen LogP contribution >= 0.6 is 0 Å². The van der Waals surface area contributed by atoms with E-state index < -0.39 is 0 Å². The van der Waals surface area contributed by atoms with Crippen molar-refractivity contribution >= 4 is 11.9 Å². The Kier molecular flexibility index (Phi) is 6.96. The van der Waals surface area contributed by atoms with E-state index in [9.17, 15) is 4.79 Å². The number of amides is 1. The highest BCUT2D eigenvalue weighted by atomic mass is 16.2. The summed E-state index contributed by atoms with van der Waals surface area (Å²) in [4.78, 5) is 17.9. The van der Waals surface area contributed by atoms with Crippen LogP contribution in [0, 0.1) is 6.92 Å². The molecule has 0 radical (unpaired) electrons. The Labute approximate surface area is 154 Å². The maximum Gasteiger partial charge on any atom is 0.241 e. The van der Waals surface area contributed by atoms with Crippen LogP contribution in [0.25, 0.3) is 5.69 Å². The third-order valence-corrected chi connectivity index (χ3v) is 3.69. The van der Waals surface area contributed by atoms with Crippen molar-refractivity contribution in [1.82, 2.24) is 25.3 Å². The fourth-order valence-electron chi connectivity index (χ4n) is 2.24. The highest BCUT2D eigenvalue weighted by molar-refractivity contribution is 5.86. The molecule has 7 nitrogen and oxygen atoms in total. The molecule has 0 fully saturated rings. The molecule has 0 spiro atoms. The number of rotatable bonds is 7. The smallest absolute Gasteiger partial charge is 0.241 e. The van der Waals surface area contributed by atoms with Crippen molar-refractivity contribution in [2.45, 2.75) is 13.5 Å². The fraction of sp³-hybridized carbons (Fsp3) is 0.316. The van der Waals surface area contributed by atoms with Crippen LogP contribution in [-0.4, -0.2) is 53.7 Å². The van der Waals surface area contributed by atoms with Crippen molar-refractivity contribution in [3.63, 3.8) is 0 Å². The number of carbonyl (C=O) groups is 1. The summed E-state index contributed by atoms with van der Waals surface area (Å²) in [6.07, 6.45) is 3.67. The van der Waals surface area contributed by atoms with Gasteiger partial charge in [0, 0.05) is 26.8 Å². The quantitative estimate of drug-likeness (QED) is 0.449. The van der Waals surface area contributed by atoms with Crippen molar-refractivity contribution < 1.29 is 4.79 Å². The summed E-state index contributed by atoms with van der Waals surface area (Å²) in [5.74, 6) is 0.539. The fourth-order valence-corrected chi connectivity index (χ4v) is 2.24. The topological polar surface area (TPSA) is 74.5 Å². The van der Waals surface area contributed by atoms with Gasteiger partial charge in [0.05, 0.1) is 24.5 Å². The third-order valence-electron chi connectivity index (χ3n) is 3.69. The van der Waals surface area contributed by atoms with E-state index in [-0.39, 0.29) is 12.5 Å². The number of para-hydroxylation sites is 1. The molecule has 7 heteroatoms. The maximum absolute atomic E-state index is 11.8. The molecule has 2 aromatic rings. The van der Waals surface area contributed by atoms with E-state index in [0.717, 1.165) is 16.9 Å². The highest BCUT2D eigenvalue weighted by Crippen LogP contribution is 2.15. The number of guanidine groups is 1. The second-order valence-electron chi connectivity index (χ2n) is 6.01. The zero-order valence-corrected chi connectivity index (χ0v) is 15.6. The molecule has 0 saturated carbocycles. The first kappa shape index (κ1) is 19.2. The summed E-state index contributed by atoms with van der Waals surface area (Å²) < 4.78 is 1.85. The van der Waals surface area contributed by atoms with Gasteiger partial charge >= 0.3 is 0 Å². The molecule has 0 aliphatic heterocycles. The van der Waals surface area contributed by atoms with Gasteiger partial charge in [0.15, 0.2) is 5.96 Å². The summed E-state index contributed by atoms with van der Waals surface area (Å²) in [5, 5.41) is 10.6. The molecule has 0 aliphatic carbocycles. The Morgan fingerprint density at radius 2 is 2.08 bits per heavy atom. The average molecular weight is 354 g/mol. The Bertz CT molecular complexity index is 778. The van der Waals surface area contributed by atoms with Gasteiger partial charge in [0.2, 0.25) is 5.91 Å². The van der Waals surface area contributed by atoms with Gasteiger partial charge in [-0.1, -0.05) is 24.3 Å². The zero-order chi connectivity index (χ0) is 18.9. The van der Waals surface area contributed by atoms with Gasteiger partial charge in [0.1, 0.15) is 0 Å². The predicted octanol–water partition coefficient (Wildman–Crippen LogP) is 1.49. The molecule has 138 valence electrons. The highest BCUT2D eigenvalue weighted by Gasteiger charge is 2.07. The summed E-state index contributed by atoms with van der Waals surface area (Å²) in [6.45, 7) is 6.85. The van der Waals surface area contributed by atoms with E-state index in [4.69, 9.17) is 0 Å². The van der Waals surface area contributed by atoms with Crippen LogP contribution in [0.4, 0.5) is 0 Å². The van der Waals surface area contributed by atoms with Gasteiger partial charge in [-0.05, 0) is 24.6 Å². The summed E-state index contributed by atoms with van der Waals surface area (Å²) in [7, 11) is 3.45. The first-order valence-electron chi connectivity index (χ1n) is 8.45. The number of likely N-dealkylation sites (N-methyl/N-ethyl adjacent to an activating group) is 1. The van der Waals surface area contributed by atoms with Gasteiger partial charge in [-0.25, -0.2) is 9.67 Å². The van der Waals surface area contributed by atoms with Crippen LogP contribution in [0.1, 0.15) is 11.3 Å². The number of nitrogens with one attached hydrogen (secondary N) is 2. The van der Waals surface area contributed by atoms with Crippen LogP contribution in [0.5, 0.6) is 0 Å². The normalized spacial score (nSPS) is 11.1. The van der Waals surface area contributed by atoms with Crippen molar-refractivity contribution in [2.24, 2.45) is 4.99 Å². The minimum absolute atomic E-state index is 0.0227. The largest absolute Gasteiger partial charge is 0.353 e. The SMILES string of the molecule is C=CCNC(=NCc1ccccc1-n1ccc(C)n1)NCC(=O)N(C)C. The molecule has 0 saturated heterocycles. The molecule has 1 aromatic carbocycles. The van der Waals surface area contributed by atoms with Crippen LogP contribution < -0.4 is 10.6 Å². The van der Waals surface area contributed by atoms with Crippen molar-refractivity contribution in [2.75, 3.05) is 27.2 Å². The lowest BCUT2D eigenvalue weighted by molar-refractivity contribution is -0.127. The summed E-state index contributed by atoms with van der Waals surface area (Å²) in [6, 6.07) is 9.95. The number of hydrogen-bond donors (Lipinski definition) is 2. The Morgan fingerprint density at radius 3 is 2.73 bits per heavy atom. The first-order chi connectivity index (χ1) is 12.5. The van der Waals surface area contributed by atoms with E-state index in [1.54, 1.807) is 20.2 Å². The molecule has 0 bridgehead atoms. The second kappa shape index (κ2) is 9.41. The lowest BCUT2D eigenvalue weighted by atomic mass is 10.2. The van der Waals surface area contributed by atoms with E-state index in [0.29, 0.717) is 19.0 Å². The van der Waals surface area contributed by atoms with E-state index in [1.807, 2.05) is 48.1 Å². The number of benzene rings is 1. The minimum Gasteiger partial charge on any atom is -0.353 e. The molecule has 26 heavy (non-hydrogen) atoms. The number of aliphatic imine (C=N–C) groups is 1. The first-order valence-corrected chi connectivity index (χ1v) is 8.45. The predicted molar refractivity (Wildman–Crippen MR) is 104 cm³/mol. The Hall–Kier alpha value is -3.09. The van der Waals surface area contributed by atoms with Gasteiger partial charge in [-0.3, -0.25) is 4.79 Å². The monoisotopic (exact) mass is 354 g/mol. The van der Waals surface area contributed by atoms with Crippen LogP contribution in [0.2, 0.25) is 0 Å². The van der Waals surface area contributed by atoms with Crippen LogP contribution in [0.15, 0.2) is 54.2 Å². The van der Waals surface area contributed by atoms with E-state index in [2.05, 4.69) is 27.3 Å². The van der Waals surface area contributed by atoms with Crippen LogP contribution in [0.3, 0.4) is 0 Å². The van der Waals surface area contributed by atoms with Gasteiger partial charge < -0.3 is 15.5 Å². The van der Waals surface area contributed by atoms with Crippen LogP contribution in [-0.2, 0) is 11.3 Å². The van der Waals surface area contributed by atoms with Crippen molar-refractivity contribution in [3.05, 3.63) is 60.4 Å². The Balaban J connectivity index is 2.15. The number of aryl methyl sites for hydroxylation is 1. The van der Waals surface area contributed by atoms with Crippen molar-refractivity contribution in [1.29, 1.82) is 0 Å². The number of hydrogen-bond acceptors (Lipinski definition) is 3. The molecule has 0 aliphatic rings. The lowest BCUT2D eigenvalue weighted by Gasteiger charge is -2.14. The molecule has 1 heterocycles. The van der Waals surface area contributed by atoms with Gasteiger partial charge in [-0.15, -0.1) is 6.58 Å². The molecule has 1 amide bonds. The lowest BCUT2D eigenvalue weighted by Crippen LogP contribution is -2.43. The number of nitrogens with zero attached hydrogens (tertiary/aromatic N) is 4. The molecule has 1 aromatic heterocycles. The maximum atomic E-state index is 11.8. The number of carbonyl (C=O) groups excluding carboxylic acids is 1. The average Bonchev–Trinajstić information content (AvgIpc) is 3.07. The second-order valence-corrected chi connectivity index (χ2v) is 6.01. The van der Waals surface area contributed by atoms with E-state index in [1.165, 1.54) is 4.90 Å². The number of aromatic nitrogens is 2. The molecular formula is C19H26N6O. The molecule has 2 N–H and O–H groups in total. The zero-order valence-electron chi connectivity index (χ0n) is 15.6. The molecular weight excluding hydrogens is 328 g/mol. The molecule has 0 atom stereocenters. The van der Waals surface area contributed by atoms with E-state index >= 15 is 0 Å². The third kappa shape index (κ3) is 5.47. The summed E-state index contributed by atoms with van der Waals surface area (Å²) >= 11 is 0. The summed E-state index contributed by atoms with van der Waals surface area (Å²) in [5.41, 5.74) is 2.98. The van der Waals surface area contributed by atoms with Gasteiger partial charge in [0.25, 0.3) is 0 Å².